The highest BCUT2D eigenvalue weighted by Gasteiger charge is 2.43. The average molecular weight is 392 g/mol. The first-order valence-electron chi connectivity index (χ1n) is 8.72. The van der Waals surface area contributed by atoms with Crippen LogP contribution in [0.3, 0.4) is 0 Å². The van der Waals surface area contributed by atoms with Crippen molar-refractivity contribution in [3.05, 3.63) is 35.9 Å². The lowest BCUT2D eigenvalue weighted by Crippen LogP contribution is -2.48. The van der Waals surface area contributed by atoms with Crippen LogP contribution in [-0.4, -0.2) is 60.6 Å². The zero-order valence-electron chi connectivity index (χ0n) is 14.5. The van der Waals surface area contributed by atoms with Gasteiger partial charge in [-0.05, 0) is 18.4 Å². The summed E-state index contributed by atoms with van der Waals surface area (Å²) in [4.78, 5) is 15.8. The number of nitrogens with zero attached hydrogens (tertiary/aromatic N) is 2. The Bertz CT molecular complexity index is 599. The second-order valence-corrected chi connectivity index (χ2v) is 7.10. The number of alkyl halides is 3. The minimum absolute atomic E-state index is 0. The molecule has 0 spiro atoms. The van der Waals surface area contributed by atoms with Crippen molar-refractivity contribution in [2.75, 3.05) is 32.7 Å². The number of hydrogen-bond acceptors (Lipinski definition) is 3. The molecule has 1 unspecified atom stereocenters. The maximum absolute atomic E-state index is 12.9. The van der Waals surface area contributed by atoms with E-state index in [2.05, 4.69) is 0 Å². The molecule has 2 fully saturated rings. The van der Waals surface area contributed by atoms with Crippen LogP contribution < -0.4 is 5.73 Å². The summed E-state index contributed by atoms with van der Waals surface area (Å²) >= 11 is 0. The predicted molar refractivity (Wildman–Crippen MR) is 96.2 cm³/mol. The SMILES string of the molecule is Cl.N[C@@H]1CN(CC(=O)N2CCCC(C(F)(F)F)C2)C[C@H]1c1ccccc1. The Labute approximate surface area is 157 Å². The van der Waals surface area contributed by atoms with Crippen LogP contribution in [0.2, 0.25) is 0 Å². The van der Waals surface area contributed by atoms with E-state index in [4.69, 9.17) is 5.73 Å². The topological polar surface area (TPSA) is 49.6 Å². The van der Waals surface area contributed by atoms with Crippen LogP contribution in [0.1, 0.15) is 24.3 Å². The van der Waals surface area contributed by atoms with Crippen LogP contribution in [0.5, 0.6) is 0 Å². The monoisotopic (exact) mass is 391 g/mol. The number of carbonyl (C=O) groups is 1. The maximum atomic E-state index is 12.9. The molecule has 0 aromatic heterocycles. The Morgan fingerprint density at radius 1 is 1.15 bits per heavy atom. The molecule has 2 aliphatic rings. The first-order chi connectivity index (χ1) is 11.8. The molecule has 2 saturated heterocycles. The number of rotatable bonds is 3. The number of hydrogen-bond donors (Lipinski definition) is 1. The summed E-state index contributed by atoms with van der Waals surface area (Å²) in [5, 5.41) is 0. The van der Waals surface area contributed by atoms with E-state index in [9.17, 15) is 18.0 Å². The summed E-state index contributed by atoms with van der Waals surface area (Å²) in [5.41, 5.74) is 7.36. The molecule has 1 amide bonds. The largest absolute Gasteiger partial charge is 0.393 e. The van der Waals surface area contributed by atoms with E-state index in [0.29, 0.717) is 26.1 Å². The highest BCUT2D eigenvalue weighted by Crippen LogP contribution is 2.33. The van der Waals surface area contributed by atoms with Gasteiger partial charge in [-0.2, -0.15) is 13.2 Å². The summed E-state index contributed by atoms with van der Waals surface area (Å²) in [7, 11) is 0. The molecule has 0 saturated carbocycles. The fraction of sp³-hybridized carbons (Fsp3) is 0.611. The molecule has 2 heterocycles. The fourth-order valence-corrected chi connectivity index (χ4v) is 3.86. The number of likely N-dealkylation sites (tertiary alicyclic amines) is 2. The van der Waals surface area contributed by atoms with E-state index in [1.165, 1.54) is 4.90 Å². The Morgan fingerprint density at radius 2 is 1.85 bits per heavy atom. The predicted octanol–water partition coefficient (Wildman–Crippen LogP) is 2.64. The van der Waals surface area contributed by atoms with Crippen molar-refractivity contribution in [3.8, 4) is 0 Å². The second-order valence-electron chi connectivity index (χ2n) is 7.10. The molecule has 4 nitrogen and oxygen atoms in total. The van der Waals surface area contributed by atoms with Gasteiger partial charge in [0.15, 0.2) is 0 Å². The van der Waals surface area contributed by atoms with Crippen molar-refractivity contribution in [1.82, 2.24) is 9.80 Å². The fourth-order valence-electron chi connectivity index (χ4n) is 3.86. The quantitative estimate of drug-likeness (QED) is 0.861. The van der Waals surface area contributed by atoms with Crippen molar-refractivity contribution in [2.24, 2.45) is 11.7 Å². The first-order valence-corrected chi connectivity index (χ1v) is 8.72. The lowest BCUT2D eigenvalue weighted by atomic mass is 9.95. The van der Waals surface area contributed by atoms with Gasteiger partial charge in [0.1, 0.15) is 0 Å². The van der Waals surface area contributed by atoms with Gasteiger partial charge in [-0.1, -0.05) is 30.3 Å². The number of benzene rings is 1. The first kappa shape index (κ1) is 21.0. The molecule has 0 aliphatic carbocycles. The molecule has 2 N–H and O–H groups in total. The number of carbonyl (C=O) groups excluding carboxylic acids is 1. The molecule has 26 heavy (non-hydrogen) atoms. The van der Waals surface area contributed by atoms with Crippen LogP contribution in [0.15, 0.2) is 30.3 Å². The van der Waals surface area contributed by atoms with Gasteiger partial charge in [0.05, 0.1) is 12.5 Å². The van der Waals surface area contributed by atoms with Gasteiger partial charge in [-0.25, -0.2) is 0 Å². The van der Waals surface area contributed by atoms with E-state index >= 15 is 0 Å². The third-order valence-corrected chi connectivity index (χ3v) is 5.26. The number of halogens is 4. The smallest absolute Gasteiger partial charge is 0.341 e. The number of nitrogens with two attached hydrogens (primary N) is 1. The normalized spacial score (nSPS) is 27.2. The van der Waals surface area contributed by atoms with Crippen molar-refractivity contribution in [2.45, 2.75) is 31.0 Å². The van der Waals surface area contributed by atoms with Crippen LogP contribution >= 0.6 is 12.4 Å². The van der Waals surface area contributed by atoms with Crippen LogP contribution in [0.4, 0.5) is 13.2 Å². The summed E-state index contributed by atoms with van der Waals surface area (Å²) < 4.78 is 38.7. The molecule has 2 aliphatic heterocycles. The van der Waals surface area contributed by atoms with Crippen molar-refractivity contribution in [1.29, 1.82) is 0 Å². The Kier molecular flexibility index (Phi) is 6.93. The van der Waals surface area contributed by atoms with Gasteiger partial charge >= 0.3 is 6.18 Å². The maximum Gasteiger partial charge on any atom is 0.393 e. The number of amides is 1. The second kappa shape index (κ2) is 8.59. The average Bonchev–Trinajstić information content (AvgIpc) is 2.95. The molecule has 3 atom stereocenters. The molecular formula is C18H25ClF3N3O. The summed E-state index contributed by atoms with van der Waals surface area (Å²) in [6.07, 6.45) is -3.71. The van der Waals surface area contributed by atoms with E-state index in [-0.39, 0.29) is 49.8 Å². The zero-order chi connectivity index (χ0) is 18.0. The summed E-state index contributed by atoms with van der Waals surface area (Å²) in [6, 6.07) is 9.84. The van der Waals surface area contributed by atoms with Gasteiger partial charge in [0, 0.05) is 38.1 Å². The van der Waals surface area contributed by atoms with Crippen LogP contribution in [0, 0.1) is 5.92 Å². The molecule has 3 rings (SSSR count). The Morgan fingerprint density at radius 3 is 2.50 bits per heavy atom. The number of piperidine rings is 1. The van der Waals surface area contributed by atoms with Crippen molar-refractivity contribution >= 4 is 18.3 Å². The van der Waals surface area contributed by atoms with Crippen molar-refractivity contribution in [3.63, 3.8) is 0 Å². The summed E-state index contributed by atoms with van der Waals surface area (Å²) in [5.74, 6) is -1.48. The molecule has 146 valence electrons. The van der Waals surface area contributed by atoms with Crippen molar-refractivity contribution < 1.29 is 18.0 Å². The highest BCUT2D eigenvalue weighted by molar-refractivity contribution is 5.85. The van der Waals surface area contributed by atoms with Crippen LogP contribution in [0.25, 0.3) is 0 Å². The zero-order valence-corrected chi connectivity index (χ0v) is 15.3. The molecule has 1 aromatic carbocycles. The van der Waals surface area contributed by atoms with Gasteiger partial charge in [0.2, 0.25) is 5.91 Å². The molecule has 0 bridgehead atoms. The molecular weight excluding hydrogens is 367 g/mol. The molecule has 8 heteroatoms. The summed E-state index contributed by atoms with van der Waals surface area (Å²) in [6.45, 7) is 1.58. The third kappa shape index (κ3) is 4.90. The molecule has 0 radical (unpaired) electrons. The van der Waals surface area contributed by atoms with Gasteiger partial charge in [-0.15, -0.1) is 12.4 Å². The van der Waals surface area contributed by atoms with Gasteiger partial charge in [0.25, 0.3) is 0 Å². The lowest BCUT2D eigenvalue weighted by Gasteiger charge is -2.34. The molecule has 1 aromatic rings. The standard InChI is InChI=1S/C18H24F3N3O.ClH/c19-18(20,21)14-7-4-8-24(9-14)17(25)12-23-10-15(16(22)11-23)13-5-2-1-3-6-13;/h1-3,5-6,14-16H,4,7-12,22H2;1H/t14?,15-,16+;/m0./s1. The minimum Gasteiger partial charge on any atom is -0.341 e. The van der Waals surface area contributed by atoms with E-state index in [0.717, 1.165) is 5.56 Å². The lowest BCUT2D eigenvalue weighted by molar-refractivity contribution is -0.188. The Hall–Kier alpha value is -1.31. The minimum atomic E-state index is -4.23. The van der Waals surface area contributed by atoms with E-state index in [1.807, 2.05) is 35.2 Å². The van der Waals surface area contributed by atoms with Gasteiger partial charge in [-0.3, -0.25) is 9.69 Å². The van der Waals surface area contributed by atoms with Gasteiger partial charge < -0.3 is 10.6 Å². The van der Waals surface area contributed by atoms with E-state index < -0.39 is 12.1 Å². The van der Waals surface area contributed by atoms with Crippen LogP contribution in [-0.2, 0) is 4.79 Å². The highest BCUT2D eigenvalue weighted by atomic mass is 35.5. The Balaban J connectivity index is 0.00000243. The third-order valence-electron chi connectivity index (χ3n) is 5.26. The van der Waals surface area contributed by atoms with E-state index in [1.54, 1.807) is 0 Å².